The average molecular weight is 236 g/mol. The van der Waals surface area contributed by atoms with Crippen LogP contribution in [0.1, 0.15) is 25.3 Å². The Morgan fingerprint density at radius 1 is 1.41 bits per heavy atom. The maximum absolute atomic E-state index is 9.09. The summed E-state index contributed by atoms with van der Waals surface area (Å²) >= 11 is 0. The predicted molar refractivity (Wildman–Crippen MR) is 68.5 cm³/mol. The third kappa shape index (κ3) is 4.49. The van der Waals surface area contributed by atoms with Gasteiger partial charge >= 0.3 is 0 Å². The zero-order valence-electron chi connectivity index (χ0n) is 10.5. The molecule has 0 amide bonds. The van der Waals surface area contributed by atoms with Crippen LogP contribution in [0.2, 0.25) is 0 Å². The second-order valence-electron chi connectivity index (χ2n) is 4.04. The van der Waals surface area contributed by atoms with Crippen LogP contribution in [0.15, 0.2) is 30.4 Å². The van der Waals surface area contributed by atoms with Crippen molar-refractivity contribution in [3.05, 3.63) is 35.9 Å². The monoisotopic (exact) mass is 236 g/mol. The van der Waals surface area contributed by atoms with Crippen LogP contribution in [0.25, 0.3) is 0 Å². The lowest BCUT2D eigenvalue weighted by Gasteiger charge is -2.10. The lowest BCUT2D eigenvalue weighted by molar-refractivity contribution is 0.272. The van der Waals surface area contributed by atoms with Crippen molar-refractivity contribution in [2.24, 2.45) is 0 Å². The maximum atomic E-state index is 9.09. The van der Waals surface area contributed by atoms with Crippen molar-refractivity contribution in [1.82, 2.24) is 0 Å². The molecule has 0 heterocycles. The van der Waals surface area contributed by atoms with Gasteiger partial charge in [0.15, 0.2) is 0 Å². The average Bonchev–Trinajstić information content (AvgIpc) is 2.34. The Bertz CT molecular complexity index is 372. The molecule has 1 aromatic carbocycles. The molecule has 0 unspecified atom stereocenters. The molecule has 94 valence electrons. The Hall–Kier alpha value is -1.48. The molecule has 1 aromatic rings. The van der Waals surface area contributed by atoms with Crippen molar-refractivity contribution < 1.29 is 14.6 Å². The van der Waals surface area contributed by atoms with Gasteiger partial charge in [-0.05, 0) is 31.9 Å². The fraction of sp³-hybridized carbons (Fsp3) is 0.429. The molecule has 1 rings (SSSR count). The zero-order valence-corrected chi connectivity index (χ0v) is 10.5. The van der Waals surface area contributed by atoms with Crippen molar-refractivity contribution in [3.63, 3.8) is 0 Å². The van der Waals surface area contributed by atoms with Gasteiger partial charge in [-0.1, -0.05) is 5.57 Å². The largest absolute Gasteiger partial charge is 0.496 e. The summed E-state index contributed by atoms with van der Waals surface area (Å²) in [5.74, 6) is 1.42. The number of methoxy groups -OCH3 is 1. The molecule has 0 spiro atoms. The third-order valence-corrected chi connectivity index (χ3v) is 2.45. The minimum absolute atomic E-state index is 0.0287. The third-order valence-electron chi connectivity index (χ3n) is 2.45. The number of hydrogen-bond acceptors (Lipinski definition) is 3. The van der Waals surface area contributed by atoms with E-state index in [0.29, 0.717) is 12.4 Å². The molecule has 0 aromatic heterocycles. The van der Waals surface area contributed by atoms with Crippen molar-refractivity contribution in [2.75, 3.05) is 13.7 Å². The highest BCUT2D eigenvalue weighted by Gasteiger charge is 2.03. The van der Waals surface area contributed by atoms with Crippen molar-refractivity contribution in [2.45, 2.75) is 26.4 Å². The Morgan fingerprint density at radius 3 is 2.76 bits per heavy atom. The second kappa shape index (κ2) is 6.97. The van der Waals surface area contributed by atoms with Gasteiger partial charge in [0.25, 0.3) is 0 Å². The summed E-state index contributed by atoms with van der Waals surface area (Å²) in [6.07, 6.45) is 1.94. The molecule has 0 aliphatic heterocycles. The molecule has 0 aliphatic carbocycles. The van der Waals surface area contributed by atoms with E-state index in [-0.39, 0.29) is 6.61 Å². The first kappa shape index (κ1) is 13.6. The molecule has 0 aliphatic rings. The fourth-order valence-electron chi connectivity index (χ4n) is 1.51. The van der Waals surface area contributed by atoms with Crippen molar-refractivity contribution in [1.29, 1.82) is 0 Å². The quantitative estimate of drug-likeness (QED) is 0.584. The van der Waals surface area contributed by atoms with Crippen LogP contribution in [0.5, 0.6) is 11.5 Å². The number of aliphatic hydroxyl groups excluding tert-OH is 1. The van der Waals surface area contributed by atoms with Crippen LogP contribution in [0.4, 0.5) is 0 Å². The summed E-state index contributed by atoms with van der Waals surface area (Å²) in [6.45, 7) is 6.49. The van der Waals surface area contributed by atoms with E-state index in [1.54, 1.807) is 13.2 Å². The molecular formula is C14H20O3. The standard InChI is InChI=1S/C14H20O3/c1-11(2)5-4-8-17-13-7-6-12(10-15)14(9-13)16-3/h6-7,9,15H,1,4-5,8,10H2,2-3H3. The Morgan fingerprint density at radius 2 is 2.18 bits per heavy atom. The number of benzene rings is 1. The lowest BCUT2D eigenvalue weighted by Crippen LogP contribution is -1.99. The topological polar surface area (TPSA) is 38.7 Å². The number of rotatable bonds is 7. The molecule has 1 N–H and O–H groups in total. The van der Waals surface area contributed by atoms with Gasteiger partial charge in [0, 0.05) is 11.6 Å². The first-order valence-electron chi connectivity index (χ1n) is 5.72. The van der Waals surface area contributed by atoms with Crippen molar-refractivity contribution in [3.8, 4) is 11.5 Å². The minimum Gasteiger partial charge on any atom is -0.496 e. The van der Waals surface area contributed by atoms with Crippen LogP contribution in [-0.2, 0) is 6.61 Å². The number of allylic oxidation sites excluding steroid dienone is 1. The molecule has 0 atom stereocenters. The van der Waals surface area contributed by atoms with E-state index in [2.05, 4.69) is 6.58 Å². The van der Waals surface area contributed by atoms with E-state index in [4.69, 9.17) is 14.6 Å². The highest BCUT2D eigenvalue weighted by atomic mass is 16.5. The number of aliphatic hydroxyl groups is 1. The smallest absolute Gasteiger partial charge is 0.128 e. The van der Waals surface area contributed by atoms with E-state index in [1.165, 1.54) is 5.57 Å². The van der Waals surface area contributed by atoms with E-state index in [9.17, 15) is 0 Å². The van der Waals surface area contributed by atoms with E-state index >= 15 is 0 Å². The Labute approximate surface area is 103 Å². The number of ether oxygens (including phenoxy) is 2. The van der Waals surface area contributed by atoms with Gasteiger partial charge in [-0.25, -0.2) is 0 Å². The lowest BCUT2D eigenvalue weighted by atomic mass is 10.2. The molecule has 0 saturated heterocycles. The number of hydrogen-bond donors (Lipinski definition) is 1. The second-order valence-corrected chi connectivity index (χ2v) is 4.04. The van der Waals surface area contributed by atoms with Crippen LogP contribution < -0.4 is 9.47 Å². The van der Waals surface area contributed by atoms with Crippen LogP contribution in [-0.4, -0.2) is 18.8 Å². The van der Waals surface area contributed by atoms with Gasteiger partial charge in [0.2, 0.25) is 0 Å². The molecular weight excluding hydrogens is 216 g/mol. The van der Waals surface area contributed by atoms with Gasteiger partial charge in [-0.2, -0.15) is 0 Å². The predicted octanol–water partition coefficient (Wildman–Crippen LogP) is 2.92. The molecule has 3 nitrogen and oxygen atoms in total. The molecule has 0 saturated carbocycles. The summed E-state index contributed by atoms with van der Waals surface area (Å²) in [7, 11) is 1.58. The molecule has 17 heavy (non-hydrogen) atoms. The summed E-state index contributed by atoms with van der Waals surface area (Å²) < 4.78 is 10.8. The summed E-state index contributed by atoms with van der Waals surface area (Å²) in [6, 6.07) is 5.45. The SMILES string of the molecule is C=C(C)CCCOc1ccc(CO)c(OC)c1. The minimum atomic E-state index is -0.0287. The van der Waals surface area contributed by atoms with Gasteiger partial charge in [0.05, 0.1) is 20.3 Å². The van der Waals surface area contributed by atoms with Gasteiger partial charge < -0.3 is 14.6 Å². The van der Waals surface area contributed by atoms with E-state index in [0.717, 1.165) is 24.2 Å². The first-order chi connectivity index (χ1) is 8.17. The Balaban J connectivity index is 2.51. The highest BCUT2D eigenvalue weighted by molar-refractivity contribution is 5.40. The maximum Gasteiger partial charge on any atom is 0.128 e. The Kier molecular flexibility index (Phi) is 5.57. The normalized spacial score (nSPS) is 10.1. The van der Waals surface area contributed by atoms with Gasteiger partial charge in [-0.3, -0.25) is 0 Å². The van der Waals surface area contributed by atoms with E-state index in [1.807, 2.05) is 19.1 Å². The zero-order chi connectivity index (χ0) is 12.7. The van der Waals surface area contributed by atoms with Crippen molar-refractivity contribution >= 4 is 0 Å². The van der Waals surface area contributed by atoms with E-state index < -0.39 is 0 Å². The molecule has 0 bridgehead atoms. The van der Waals surface area contributed by atoms with Crippen LogP contribution >= 0.6 is 0 Å². The highest BCUT2D eigenvalue weighted by Crippen LogP contribution is 2.24. The summed E-state index contributed by atoms with van der Waals surface area (Å²) in [4.78, 5) is 0. The van der Waals surface area contributed by atoms with Gasteiger partial charge in [-0.15, -0.1) is 6.58 Å². The molecule has 0 radical (unpaired) electrons. The van der Waals surface area contributed by atoms with Crippen LogP contribution in [0, 0.1) is 0 Å². The first-order valence-corrected chi connectivity index (χ1v) is 5.72. The fourth-order valence-corrected chi connectivity index (χ4v) is 1.51. The van der Waals surface area contributed by atoms with Crippen LogP contribution in [0.3, 0.4) is 0 Å². The summed E-state index contributed by atoms with van der Waals surface area (Å²) in [5, 5.41) is 9.09. The molecule has 0 fully saturated rings. The van der Waals surface area contributed by atoms with Gasteiger partial charge in [0.1, 0.15) is 11.5 Å². The summed E-state index contributed by atoms with van der Waals surface area (Å²) in [5.41, 5.74) is 1.93. The molecule has 3 heteroatoms.